The number of aliphatic hydroxyl groups excluding tert-OH is 1. The molecule has 1 saturated heterocycles. The smallest absolute Gasteiger partial charge is 0.254 e. The number of amides is 2. The number of rotatable bonds is 6. The molecule has 2 rings (SSSR count). The van der Waals surface area contributed by atoms with E-state index < -0.39 is 0 Å². The molecule has 1 N–H and O–H groups in total. The number of aliphatic hydroxyl groups is 1. The highest BCUT2D eigenvalue weighted by Gasteiger charge is 2.27. The number of carbonyl (C=O) groups is 2. The highest BCUT2D eigenvalue weighted by Crippen LogP contribution is 2.22. The van der Waals surface area contributed by atoms with Gasteiger partial charge in [-0.25, -0.2) is 0 Å². The van der Waals surface area contributed by atoms with Gasteiger partial charge in [-0.05, 0) is 43.4 Å². The monoisotopic (exact) mass is 346 g/mol. The first-order chi connectivity index (χ1) is 11.9. The third kappa shape index (κ3) is 5.05. The third-order valence-corrected chi connectivity index (χ3v) is 4.84. The minimum Gasteiger partial charge on any atom is -0.396 e. The van der Waals surface area contributed by atoms with Crippen molar-refractivity contribution >= 4 is 11.8 Å². The number of benzene rings is 1. The maximum Gasteiger partial charge on any atom is 0.254 e. The van der Waals surface area contributed by atoms with Crippen LogP contribution in [0, 0.1) is 5.92 Å². The van der Waals surface area contributed by atoms with Crippen LogP contribution in [0.2, 0.25) is 0 Å². The molecule has 138 valence electrons. The van der Waals surface area contributed by atoms with Gasteiger partial charge < -0.3 is 14.9 Å². The van der Waals surface area contributed by atoms with E-state index in [1.165, 1.54) is 0 Å². The molecule has 1 fully saturated rings. The lowest BCUT2D eigenvalue weighted by Crippen LogP contribution is -2.44. The molecule has 5 nitrogen and oxygen atoms in total. The Morgan fingerprint density at radius 1 is 1.24 bits per heavy atom. The standard InChI is InChI=1S/C20H30N2O3/c1-15(2)19(24)21(3)14-16-7-9-17(10-8-16)20(25)22-12-5-4-6-18(22)11-13-23/h7-10,15,18,23H,4-6,11-14H2,1-3H3. The number of hydrogen-bond donors (Lipinski definition) is 1. The van der Waals surface area contributed by atoms with Crippen LogP contribution in [0.25, 0.3) is 0 Å². The summed E-state index contributed by atoms with van der Waals surface area (Å²) in [6.07, 6.45) is 3.75. The summed E-state index contributed by atoms with van der Waals surface area (Å²) in [6, 6.07) is 7.66. The summed E-state index contributed by atoms with van der Waals surface area (Å²) < 4.78 is 0. The lowest BCUT2D eigenvalue weighted by atomic mass is 9.98. The highest BCUT2D eigenvalue weighted by atomic mass is 16.3. The fourth-order valence-corrected chi connectivity index (χ4v) is 3.43. The van der Waals surface area contributed by atoms with Gasteiger partial charge in [0.2, 0.25) is 5.91 Å². The first-order valence-electron chi connectivity index (χ1n) is 9.19. The summed E-state index contributed by atoms with van der Waals surface area (Å²) in [5.41, 5.74) is 1.69. The molecule has 0 aromatic heterocycles. The molecule has 1 aliphatic heterocycles. The zero-order valence-corrected chi connectivity index (χ0v) is 15.6. The predicted molar refractivity (Wildman–Crippen MR) is 98.1 cm³/mol. The Morgan fingerprint density at radius 3 is 2.52 bits per heavy atom. The Labute approximate surface area is 150 Å². The van der Waals surface area contributed by atoms with Crippen LogP contribution in [0.1, 0.15) is 55.5 Å². The van der Waals surface area contributed by atoms with Crippen LogP contribution >= 0.6 is 0 Å². The van der Waals surface area contributed by atoms with E-state index in [1.807, 2.05) is 43.0 Å². The highest BCUT2D eigenvalue weighted by molar-refractivity contribution is 5.94. The first kappa shape index (κ1) is 19.4. The van der Waals surface area contributed by atoms with Gasteiger partial charge in [-0.2, -0.15) is 0 Å². The van der Waals surface area contributed by atoms with Crippen molar-refractivity contribution in [1.82, 2.24) is 9.80 Å². The summed E-state index contributed by atoms with van der Waals surface area (Å²) in [6.45, 7) is 5.20. The predicted octanol–water partition coefficient (Wildman–Crippen LogP) is 2.68. The van der Waals surface area contributed by atoms with E-state index >= 15 is 0 Å². The van der Waals surface area contributed by atoms with Crippen LogP contribution in [-0.2, 0) is 11.3 Å². The fourth-order valence-electron chi connectivity index (χ4n) is 3.43. The first-order valence-corrected chi connectivity index (χ1v) is 9.19. The molecule has 1 unspecified atom stereocenters. The summed E-state index contributed by atoms with van der Waals surface area (Å²) in [5.74, 6) is 0.130. The number of likely N-dealkylation sites (tertiary alicyclic amines) is 1. The minimum absolute atomic E-state index is 0.0200. The number of carbonyl (C=O) groups excluding carboxylic acids is 2. The molecule has 0 radical (unpaired) electrons. The summed E-state index contributed by atoms with van der Waals surface area (Å²) in [7, 11) is 1.80. The normalized spacial score (nSPS) is 17.6. The summed E-state index contributed by atoms with van der Waals surface area (Å²) >= 11 is 0. The van der Waals surface area contributed by atoms with Crippen LogP contribution < -0.4 is 0 Å². The van der Waals surface area contributed by atoms with Crippen LogP contribution in [0.5, 0.6) is 0 Å². The number of piperidine rings is 1. The molecular formula is C20H30N2O3. The van der Waals surface area contributed by atoms with Gasteiger partial charge in [0.1, 0.15) is 0 Å². The van der Waals surface area contributed by atoms with Crippen molar-refractivity contribution in [3.63, 3.8) is 0 Å². The summed E-state index contributed by atoms with van der Waals surface area (Å²) in [4.78, 5) is 28.4. The minimum atomic E-state index is -0.0200. The van der Waals surface area contributed by atoms with Crippen molar-refractivity contribution in [2.75, 3.05) is 20.2 Å². The van der Waals surface area contributed by atoms with Gasteiger partial charge in [0.15, 0.2) is 0 Å². The molecule has 0 bridgehead atoms. The maximum absolute atomic E-state index is 12.8. The SMILES string of the molecule is CC(C)C(=O)N(C)Cc1ccc(C(=O)N2CCCCC2CCO)cc1. The molecule has 1 aromatic rings. The van der Waals surface area contributed by atoms with Gasteiger partial charge in [0, 0.05) is 44.3 Å². The van der Waals surface area contributed by atoms with E-state index in [2.05, 4.69) is 0 Å². The van der Waals surface area contributed by atoms with Gasteiger partial charge in [-0.1, -0.05) is 26.0 Å². The van der Waals surface area contributed by atoms with E-state index in [1.54, 1.807) is 11.9 Å². The largest absolute Gasteiger partial charge is 0.396 e. The van der Waals surface area contributed by atoms with Crippen molar-refractivity contribution in [2.24, 2.45) is 5.92 Å². The average Bonchev–Trinajstić information content (AvgIpc) is 2.61. The Kier molecular flexibility index (Phi) is 7.00. The molecule has 25 heavy (non-hydrogen) atoms. The van der Waals surface area contributed by atoms with Crippen LogP contribution in [0.15, 0.2) is 24.3 Å². The van der Waals surface area contributed by atoms with Crippen molar-refractivity contribution in [1.29, 1.82) is 0 Å². The third-order valence-electron chi connectivity index (χ3n) is 4.84. The van der Waals surface area contributed by atoms with Crippen LogP contribution in [0.4, 0.5) is 0 Å². The molecule has 1 aromatic carbocycles. The second kappa shape index (κ2) is 8.99. The van der Waals surface area contributed by atoms with Crippen molar-refractivity contribution in [2.45, 2.75) is 52.1 Å². The van der Waals surface area contributed by atoms with Gasteiger partial charge >= 0.3 is 0 Å². The molecule has 1 atom stereocenters. The Morgan fingerprint density at radius 2 is 1.92 bits per heavy atom. The van der Waals surface area contributed by atoms with Gasteiger partial charge in [-0.3, -0.25) is 9.59 Å². The zero-order valence-electron chi connectivity index (χ0n) is 15.6. The lowest BCUT2D eigenvalue weighted by Gasteiger charge is -2.35. The quantitative estimate of drug-likeness (QED) is 0.861. The number of hydrogen-bond acceptors (Lipinski definition) is 3. The van der Waals surface area contributed by atoms with Gasteiger partial charge in [0.05, 0.1) is 0 Å². The second-order valence-corrected chi connectivity index (χ2v) is 7.21. The van der Waals surface area contributed by atoms with Crippen molar-refractivity contribution < 1.29 is 14.7 Å². The van der Waals surface area contributed by atoms with Gasteiger partial charge in [0.25, 0.3) is 5.91 Å². The van der Waals surface area contributed by atoms with E-state index in [0.717, 1.165) is 31.4 Å². The van der Waals surface area contributed by atoms with E-state index in [0.29, 0.717) is 18.5 Å². The molecule has 0 aliphatic carbocycles. The lowest BCUT2D eigenvalue weighted by molar-refractivity contribution is -0.133. The molecular weight excluding hydrogens is 316 g/mol. The van der Waals surface area contributed by atoms with Crippen molar-refractivity contribution in [3.05, 3.63) is 35.4 Å². The average molecular weight is 346 g/mol. The molecule has 2 amide bonds. The maximum atomic E-state index is 12.8. The second-order valence-electron chi connectivity index (χ2n) is 7.21. The number of nitrogens with zero attached hydrogens (tertiary/aromatic N) is 2. The molecule has 1 aliphatic rings. The Hall–Kier alpha value is -1.88. The Balaban J connectivity index is 2.03. The zero-order chi connectivity index (χ0) is 18.4. The summed E-state index contributed by atoms with van der Waals surface area (Å²) in [5, 5.41) is 9.22. The van der Waals surface area contributed by atoms with E-state index in [-0.39, 0.29) is 30.4 Å². The van der Waals surface area contributed by atoms with E-state index in [9.17, 15) is 14.7 Å². The van der Waals surface area contributed by atoms with Crippen LogP contribution in [-0.4, -0.2) is 53.0 Å². The topological polar surface area (TPSA) is 60.9 Å². The van der Waals surface area contributed by atoms with Gasteiger partial charge in [-0.15, -0.1) is 0 Å². The molecule has 1 heterocycles. The van der Waals surface area contributed by atoms with Crippen LogP contribution in [0.3, 0.4) is 0 Å². The van der Waals surface area contributed by atoms with E-state index in [4.69, 9.17) is 0 Å². The molecule has 5 heteroatoms. The molecule has 0 saturated carbocycles. The Bertz CT molecular complexity index is 581. The fraction of sp³-hybridized carbons (Fsp3) is 0.600. The van der Waals surface area contributed by atoms with Crippen molar-refractivity contribution in [3.8, 4) is 0 Å². The molecule has 0 spiro atoms.